The van der Waals surface area contributed by atoms with Gasteiger partial charge in [-0.05, 0) is 55.5 Å². The van der Waals surface area contributed by atoms with Crippen molar-refractivity contribution in [2.75, 3.05) is 0 Å². The summed E-state index contributed by atoms with van der Waals surface area (Å²) in [6, 6.07) is 19.7. The normalized spacial score (nSPS) is 16.2. The highest BCUT2D eigenvalue weighted by molar-refractivity contribution is 5.89. The van der Waals surface area contributed by atoms with Gasteiger partial charge in [-0.15, -0.1) is 0 Å². The highest BCUT2D eigenvalue weighted by atomic mass is 16.3. The summed E-state index contributed by atoms with van der Waals surface area (Å²) in [4.78, 5) is 23.2. The van der Waals surface area contributed by atoms with Crippen LogP contribution in [0.1, 0.15) is 30.5 Å². The molecule has 3 aromatic heterocycles. The van der Waals surface area contributed by atoms with Crippen molar-refractivity contribution in [1.29, 1.82) is 0 Å². The van der Waals surface area contributed by atoms with Crippen LogP contribution in [0.4, 0.5) is 0 Å². The van der Waals surface area contributed by atoms with Crippen LogP contribution in [0.5, 0.6) is 0 Å². The standard InChI is InChI=1S/C28H24N4O2/c1-17-24(21-12-13-23-19(15-21)10-6-14-29-23)28(34)32-27(30-17)25(20-9-5-11-22(33)16-20)26(31-32)18-7-3-2-4-8-18/h2-4,6-8,10,12-16,22,31,33H,5,9,11H2,1H3. The van der Waals surface area contributed by atoms with Gasteiger partial charge in [-0.3, -0.25) is 14.9 Å². The molecule has 0 bridgehead atoms. The summed E-state index contributed by atoms with van der Waals surface area (Å²) in [6.45, 7) is 1.88. The fraction of sp³-hybridized carbons (Fsp3) is 0.179. The van der Waals surface area contributed by atoms with E-state index in [9.17, 15) is 9.90 Å². The first-order valence-corrected chi connectivity index (χ1v) is 11.6. The van der Waals surface area contributed by atoms with Crippen LogP contribution in [0.25, 0.3) is 44.5 Å². The molecule has 0 fully saturated rings. The first-order chi connectivity index (χ1) is 16.6. The number of aliphatic hydroxyl groups excluding tert-OH is 1. The average Bonchev–Trinajstić information content (AvgIpc) is 3.24. The van der Waals surface area contributed by atoms with E-state index < -0.39 is 6.10 Å². The van der Waals surface area contributed by atoms with Gasteiger partial charge in [0, 0.05) is 22.7 Å². The zero-order valence-corrected chi connectivity index (χ0v) is 18.8. The lowest BCUT2D eigenvalue weighted by molar-refractivity contribution is 0.206. The predicted molar refractivity (Wildman–Crippen MR) is 135 cm³/mol. The van der Waals surface area contributed by atoms with Gasteiger partial charge in [-0.1, -0.05) is 48.5 Å². The topological polar surface area (TPSA) is 83.3 Å². The summed E-state index contributed by atoms with van der Waals surface area (Å²) >= 11 is 0. The quantitative estimate of drug-likeness (QED) is 0.400. The molecule has 0 radical (unpaired) electrons. The smallest absolute Gasteiger partial charge is 0.280 e. The second-order valence-corrected chi connectivity index (χ2v) is 8.83. The van der Waals surface area contributed by atoms with E-state index in [4.69, 9.17) is 4.98 Å². The zero-order chi connectivity index (χ0) is 23.2. The molecule has 6 nitrogen and oxygen atoms in total. The number of nitrogens with one attached hydrogen (secondary N) is 1. The van der Waals surface area contributed by atoms with Crippen molar-refractivity contribution in [1.82, 2.24) is 19.6 Å². The van der Waals surface area contributed by atoms with Gasteiger partial charge in [-0.2, -0.15) is 4.52 Å². The molecule has 0 amide bonds. The van der Waals surface area contributed by atoms with E-state index in [1.54, 1.807) is 10.7 Å². The van der Waals surface area contributed by atoms with E-state index in [1.165, 1.54) is 0 Å². The number of hydrogen-bond acceptors (Lipinski definition) is 4. The van der Waals surface area contributed by atoms with Gasteiger partial charge in [-0.25, -0.2) is 4.98 Å². The molecule has 6 rings (SSSR count). The molecule has 0 aliphatic heterocycles. The molecular weight excluding hydrogens is 424 g/mol. The molecule has 1 aliphatic rings. The Labute approximate surface area is 196 Å². The van der Waals surface area contributed by atoms with Gasteiger partial charge < -0.3 is 5.11 Å². The van der Waals surface area contributed by atoms with Crippen molar-refractivity contribution < 1.29 is 5.11 Å². The van der Waals surface area contributed by atoms with Crippen molar-refractivity contribution in [3.63, 3.8) is 0 Å². The van der Waals surface area contributed by atoms with Gasteiger partial charge >= 0.3 is 0 Å². The number of nitrogens with zero attached hydrogens (tertiary/aromatic N) is 3. The predicted octanol–water partition coefficient (Wildman–Crippen LogP) is 5.14. The third kappa shape index (κ3) is 3.35. The van der Waals surface area contributed by atoms with E-state index in [0.717, 1.165) is 58.1 Å². The van der Waals surface area contributed by atoms with Crippen LogP contribution in [-0.4, -0.2) is 30.8 Å². The number of aromatic amines is 1. The molecule has 0 spiro atoms. The third-order valence-corrected chi connectivity index (χ3v) is 6.58. The lowest BCUT2D eigenvalue weighted by atomic mass is 9.90. The average molecular weight is 449 g/mol. The van der Waals surface area contributed by atoms with Crippen LogP contribution in [-0.2, 0) is 0 Å². The van der Waals surface area contributed by atoms with E-state index >= 15 is 0 Å². The van der Waals surface area contributed by atoms with Gasteiger partial charge in [0.1, 0.15) is 0 Å². The van der Waals surface area contributed by atoms with Crippen LogP contribution in [0.15, 0.2) is 77.7 Å². The molecule has 6 heteroatoms. The van der Waals surface area contributed by atoms with Crippen LogP contribution < -0.4 is 5.56 Å². The fourth-order valence-corrected chi connectivity index (χ4v) is 4.97. The van der Waals surface area contributed by atoms with Gasteiger partial charge in [0.05, 0.1) is 28.6 Å². The maximum atomic E-state index is 13.8. The van der Waals surface area contributed by atoms with Gasteiger partial charge in [0.25, 0.3) is 5.56 Å². The highest BCUT2D eigenvalue weighted by Gasteiger charge is 2.24. The van der Waals surface area contributed by atoms with E-state index in [2.05, 4.69) is 10.1 Å². The Hall–Kier alpha value is -4.03. The third-order valence-electron chi connectivity index (χ3n) is 6.58. The fourth-order valence-electron chi connectivity index (χ4n) is 4.97. The molecule has 1 atom stereocenters. The summed E-state index contributed by atoms with van der Waals surface area (Å²) in [6.07, 6.45) is 5.66. The SMILES string of the molecule is Cc1nc2c(C3=CC(O)CCC3)c(-c3ccccc3)[nH]n2c(=O)c1-c1ccc2ncccc2c1. The Morgan fingerprint density at radius 3 is 2.71 bits per heavy atom. The van der Waals surface area contributed by atoms with E-state index in [-0.39, 0.29) is 5.56 Å². The molecule has 0 saturated heterocycles. The number of aryl methyl sites for hydroxylation is 1. The molecule has 1 aliphatic carbocycles. The molecule has 5 aromatic rings. The minimum atomic E-state index is -0.486. The Morgan fingerprint density at radius 2 is 1.88 bits per heavy atom. The minimum absolute atomic E-state index is 0.147. The number of aliphatic hydroxyl groups is 1. The Balaban J connectivity index is 1.63. The second kappa shape index (κ2) is 8.08. The second-order valence-electron chi connectivity index (χ2n) is 8.83. The Morgan fingerprint density at radius 1 is 1.03 bits per heavy atom. The number of fused-ring (bicyclic) bond motifs is 2. The number of aromatic nitrogens is 4. The van der Waals surface area contributed by atoms with Crippen LogP contribution in [0.2, 0.25) is 0 Å². The molecule has 1 unspecified atom stereocenters. The molecule has 168 valence electrons. The van der Waals surface area contributed by atoms with Crippen molar-refractivity contribution in [3.05, 3.63) is 94.5 Å². The largest absolute Gasteiger partial charge is 0.389 e. The molecule has 2 aromatic carbocycles. The van der Waals surface area contributed by atoms with Crippen molar-refractivity contribution in [3.8, 4) is 22.4 Å². The summed E-state index contributed by atoms with van der Waals surface area (Å²) in [5.74, 6) is 0. The van der Waals surface area contributed by atoms with Gasteiger partial charge in [0.15, 0.2) is 5.65 Å². The number of allylic oxidation sites excluding steroid dienone is 1. The summed E-state index contributed by atoms with van der Waals surface area (Å²) in [5, 5.41) is 14.6. The number of hydrogen-bond donors (Lipinski definition) is 2. The lowest BCUT2D eigenvalue weighted by Gasteiger charge is -2.17. The van der Waals surface area contributed by atoms with Crippen molar-refractivity contribution >= 4 is 22.1 Å². The van der Waals surface area contributed by atoms with E-state index in [1.807, 2.05) is 73.7 Å². The van der Waals surface area contributed by atoms with Crippen LogP contribution in [0, 0.1) is 6.92 Å². The molecule has 34 heavy (non-hydrogen) atoms. The minimum Gasteiger partial charge on any atom is -0.389 e. The number of pyridine rings is 1. The maximum Gasteiger partial charge on any atom is 0.280 e. The Kier molecular flexibility index (Phi) is 4.89. The van der Waals surface area contributed by atoms with Crippen molar-refractivity contribution in [2.45, 2.75) is 32.3 Å². The van der Waals surface area contributed by atoms with E-state index in [0.29, 0.717) is 16.9 Å². The number of rotatable bonds is 3. The maximum absolute atomic E-state index is 13.8. The molecule has 3 heterocycles. The highest BCUT2D eigenvalue weighted by Crippen LogP contribution is 2.36. The molecule has 2 N–H and O–H groups in total. The summed E-state index contributed by atoms with van der Waals surface area (Å²) in [5.41, 5.74) is 7.09. The summed E-state index contributed by atoms with van der Waals surface area (Å²) < 4.78 is 1.55. The van der Waals surface area contributed by atoms with Crippen LogP contribution >= 0.6 is 0 Å². The van der Waals surface area contributed by atoms with Gasteiger partial charge in [0.2, 0.25) is 0 Å². The van der Waals surface area contributed by atoms with Crippen LogP contribution in [0.3, 0.4) is 0 Å². The zero-order valence-electron chi connectivity index (χ0n) is 18.8. The summed E-state index contributed by atoms with van der Waals surface area (Å²) in [7, 11) is 0. The molecule has 0 saturated carbocycles. The Bertz CT molecular complexity index is 1630. The monoisotopic (exact) mass is 448 g/mol. The number of H-pyrrole nitrogens is 1. The number of benzene rings is 2. The first-order valence-electron chi connectivity index (χ1n) is 11.6. The molecular formula is C28H24N4O2. The first kappa shape index (κ1) is 20.6. The van der Waals surface area contributed by atoms with Crippen molar-refractivity contribution in [2.24, 2.45) is 0 Å². The lowest BCUT2D eigenvalue weighted by Crippen LogP contribution is -2.19.